The fraction of sp³-hybridized carbons (Fsp3) is 0.474. The molecule has 0 radical (unpaired) electrons. The highest BCUT2D eigenvalue weighted by atomic mass is 16.5. The van der Waals surface area contributed by atoms with Crippen molar-refractivity contribution >= 4 is 11.8 Å². The molecule has 6 nitrogen and oxygen atoms in total. The molecule has 0 spiro atoms. The summed E-state index contributed by atoms with van der Waals surface area (Å²) in [5, 5.41) is 10.5. The van der Waals surface area contributed by atoms with Crippen LogP contribution in [0.15, 0.2) is 30.3 Å². The molecule has 2 rings (SSSR count). The first kappa shape index (κ1) is 19.0. The van der Waals surface area contributed by atoms with E-state index in [1.807, 2.05) is 44.2 Å². The first-order valence-corrected chi connectivity index (χ1v) is 8.64. The Kier molecular flexibility index (Phi) is 6.58. The number of nitrogens with zero attached hydrogens (tertiary/aromatic N) is 2. The van der Waals surface area contributed by atoms with Crippen molar-refractivity contribution in [3.8, 4) is 5.69 Å². The molecule has 0 bridgehead atoms. The number of carbonyl (C=O) groups excluding carboxylic acids is 1. The van der Waals surface area contributed by atoms with Crippen LogP contribution in [-0.2, 0) is 4.74 Å². The van der Waals surface area contributed by atoms with Gasteiger partial charge in [0.2, 0.25) is 0 Å². The number of urea groups is 1. The maximum atomic E-state index is 12.3. The summed E-state index contributed by atoms with van der Waals surface area (Å²) >= 11 is 0. The molecule has 1 heterocycles. The number of rotatable bonds is 7. The lowest BCUT2D eigenvalue weighted by Crippen LogP contribution is -2.37. The third-order valence-electron chi connectivity index (χ3n) is 3.97. The highest BCUT2D eigenvalue weighted by Crippen LogP contribution is 2.22. The molecule has 25 heavy (non-hydrogen) atoms. The quantitative estimate of drug-likeness (QED) is 0.801. The number of amides is 2. The summed E-state index contributed by atoms with van der Waals surface area (Å²) in [7, 11) is 1.65. The zero-order valence-electron chi connectivity index (χ0n) is 15.7. The van der Waals surface area contributed by atoms with Crippen LogP contribution in [0.4, 0.5) is 10.6 Å². The van der Waals surface area contributed by atoms with Crippen molar-refractivity contribution in [1.29, 1.82) is 0 Å². The second-order valence-electron chi connectivity index (χ2n) is 6.64. The molecular weight excluding hydrogens is 316 g/mol. The topological polar surface area (TPSA) is 68.2 Å². The number of nitrogens with one attached hydrogen (secondary N) is 2. The van der Waals surface area contributed by atoms with Crippen molar-refractivity contribution in [1.82, 2.24) is 15.1 Å². The van der Waals surface area contributed by atoms with Crippen LogP contribution in [0.2, 0.25) is 0 Å². The minimum Gasteiger partial charge on any atom is -0.385 e. The van der Waals surface area contributed by atoms with Crippen LogP contribution < -0.4 is 10.6 Å². The molecule has 1 unspecified atom stereocenters. The van der Waals surface area contributed by atoms with Crippen LogP contribution in [0.3, 0.4) is 0 Å². The van der Waals surface area contributed by atoms with Crippen molar-refractivity contribution in [2.75, 3.05) is 19.0 Å². The molecule has 0 fully saturated rings. The summed E-state index contributed by atoms with van der Waals surface area (Å²) in [6.07, 6.45) is 0.762. The fourth-order valence-corrected chi connectivity index (χ4v) is 2.40. The van der Waals surface area contributed by atoms with Gasteiger partial charge in [-0.15, -0.1) is 0 Å². The van der Waals surface area contributed by atoms with Crippen LogP contribution >= 0.6 is 0 Å². The van der Waals surface area contributed by atoms with Crippen molar-refractivity contribution in [3.05, 3.63) is 41.6 Å². The molecule has 2 amide bonds. The van der Waals surface area contributed by atoms with Crippen LogP contribution in [0.5, 0.6) is 0 Å². The van der Waals surface area contributed by atoms with Crippen LogP contribution in [-0.4, -0.2) is 35.6 Å². The molecular formula is C19H28N4O2. The van der Waals surface area contributed by atoms with Crippen molar-refractivity contribution < 1.29 is 9.53 Å². The van der Waals surface area contributed by atoms with E-state index >= 15 is 0 Å². The molecule has 0 aliphatic carbocycles. The Morgan fingerprint density at radius 3 is 2.52 bits per heavy atom. The van der Waals surface area contributed by atoms with E-state index in [0.29, 0.717) is 12.4 Å². The van der Waals surface area contributed by atoms with E-state index < -0.39 is 0 Å². The van der Waals surface area contributed by atoms with Crippen molar-refractivity contribution in [3.63, 3.8) is 0 Å². The molecule has 0 saturated heterocycles. The molecule has 0 aliphatic rings. The Morgan fingerprint density at radius 1 is 1.24 bits per heavy atom. The summed E-state index contributed by atoms with van der Waals surface area (Å²) < 4.78 is 6.81. The zero-order valence-corrected chi connectivity index (χ0v) is 15.7. The molecule has 2 aromatic rings. The molecule has 1 aromatic carbocycles. The first-order chi connectivity index (χ1) is 11.9. The SMILES string of the molecule is COCCC(C)NC(=O)Nc1cc(C(C)C)nn1-c1ccc(C)cc1. The third-order valence-corrected chi connectivity index (χ3v) is 3.97. The van der Waals surface area contributed by atoms with Gasteiger partial charge in [0.15, 0.2) is 0 Å². The number of anilines is 1. The zero-order chi connectivity index (χ0) is 18.4. The molecule has 0 aliphatic heterocycles. The van der Waals surface area contributed by atoms with Gasteiger partial charge >= 0.3 is 6.03 Å². The number of hydrogen-bond acceptors (Lipinski definition) is 3. The van der Waals surface area contributed by atoms with E-state index in [1.165, 1.54) is 5.56 Å². The Morgan fingerprint density at radius 2 is 1.92 bits per heavy atom. The maximum absolute atomic E-state index is 12.3. The average molecular weight is 344 g/mol. The number of ether oxygens (including phenoxy) is 1. The molecule has 6 heteroatoms. The number of hydrogen-bond donors (Lipinski definition) is 2. The number of aromatic nitrogens is 2. The van der Waals surface area contributed by atoms with E-state index in [2.05, 4.69) is 29.6 Å². The number of carbonyl (C=O) groups is 1. The van der Waals surface area contributed by atoms with E-state index in [1.54, 1.807) is 11.8 Å². The number of methoxy groups -OCH3 is 1. The maximum Gasteiger partial charge on any atom is 0.320 e. The summed E-state index contributed by atoms with van der Waals surface area (Å²) in [5.74, 6) is 0.930. The smallest absolute Gasteiger partial charge is 0.320 e. The Labute approximate surface area is 149 Å². The van der Waals surface area contributed by atoms with E-state index in [-0.39, 0.29) is 18.0 Å². The van der Waals surface area contributed by atoms with Crippen molar-refractivity contribution in [2.24, 2.45) is 0 Å². The van der Waals surface area contributed by atoms with Gasteiger partial charge in [-0.25, -0.2) is 9.48 Å². The summed E-state index contributed by atoms with van der Waals surface area (Å²) in [6, 6.07) is 9.76. The van der Waals surface area contributed by atoms with Crippen LogP contribution in [0, 0.1) is 6.92 Å². The van der Waals surface area contributed by atoms with Gasteiger partial charge in [-0.1, -0.05) is 31.5 Å². The van der Waals surface area contributed by atoms with Gasteiger partial charge < -0.3 is 10.1 Å². The molecule has 1 atom stereocenters. The first-order valence-electron chi connectivity index (χ1n) is 8.64. The van der Waals surface area contributed by atoms with Crippen LogP contribution in [0.25, 0.3) is 5.69 Å². The fourth-order valence-electron chi connectivity index (χ4n) is 2.40. The molecule has 136 valence electrons. The van der Waals surface area contributed by atoms with Gasteiger partial charge in [-0.2, -0.15) is 5.10 Å². The Balaban J connectivity index is 2.18. The highest BCUT2D eigenvalue weighted by molar-refractivity contribution is 5.89. The Hall–Kier alpha value is -2.34. The molecule has 1 aromatic heterocycles. The van der Waals surface area contributed by atoms with E-state index in [0.717, 1.165) is 17.8 Å². The molecule has 0 saturated carbocycles. The minimum atomic E-state index is -0.243. The third kappa shape index (κ3) is 5.32. The largest absolute Gasteiger partial charge is 0.385 e. The van der Waals surface area contributed by atoms with Gasteiger partial charge in [0.25, 0.3) is 0 Å². The lowest BCUT2D eigenvalue weighted by Gasteiger charge is -2.15. The average Bonchev–Trinajstić information content (AvgIpc) is 2.97. The van der Waals surface area contributed by atoms with Gasteiger partial charge in [-0.05, 0) is 38.3 Å². The van der Waals surface area contributed by atoms with Gasteiger partial charge in [0.05, 0.1) is 11.4 Å². The summed E-state index contributed by atoms with van der Waals surface area (Å²) in [6.45, 7) is 8.77. The predicted molar refractivity (Wildman–Crippen MR) is 100 cm³/mol. The summed E-state index contributed by atoms with van der Waals surface area (Å²) in [4.78, 5) is 12.3. The normalized spacial score (nSPS) is 12.2. The minimum absolute atomic E-state index is 0.0280. The van der Waals surface area contributed by atoms with E-state index in [4.69, 9.17) is 4.74 Å². The lowest BCUT2D eigenvalue weighted by molar-refractivity contribution is 0.185. The standard InChI is InChI=1S/C19H28N4O2/c1-13(2)17-12-18(21-19(24)20-15(4)10-11-25-5)23(22-17)16-8-6-14(3)7-9-16/h6-9,12-13,15H,10-11H2,1-5H3,(H2,20,21,24). The van der Waals surface area contributed by atoms with Gasteiger partial charge in [-0.3, -0.25) is 5.32 Å². The molecule has 2 N–H and O–H groups in total. The second-order valence-corrected chi connectivity index (χ2v) is 6.64. The van der Waals surface area contributed by atoms with E-state index in [9.17, 15) is 4.79 Å². The highest BCUT2D eigenvalue weighted by Gasteiger charge is 2.15. The Bertz CT molecular complexity index is 692. The lowest BCUT2D eigenvalue weighted by atomic mass is 10.1. The van der Waals surface area contributed by atoms with Crippen molar-refractivity contribution in [2.45, 2.75) is 46.1 Å². The van der Waals surface area contributed by atoms with Crippen LogP contribution in [0.1, 0.15) is 44.4 Å². The number of aryl methyl sites for hydroxylation is 1. The summed E-state index contributed by atoms with van der Waals surface area (Å²) in [5.41, 5.74) is 3.03. The van der Waals surface area contributed by atoms with Gasteiger partial charge in [0, 0.05) is 25.8 Å². The van der Waals surface area contributed by atoms with Gasteiger partial charge in [0.1, 0.15) is 5.82 Å². The predicted octanol–water partition coefficient (Wildman–Crippen LogP) is 3.85. The monoisotopic (exact) mass is 344 g/mol. The number of benzene rings is 1. The second kappa shape index (κ2) is 8.67.